The molecule has 2 atom stereocenters. The zero-order chi connectivity index (χ0) is 12.5. The lowest BCUT2D eigenvalue weighted by Gasteiger charge is -2.29. The summed E-state index contributed by atoms with van der Waals surface area (Å²) >= 11 is 0. The summed E-state index contributed by atoms with van der Waals surface area (Å²) < 4.78 is 11.0. The third-order valence-electron chi connectivity index (χ3n) is 3.82. The van der Waals surface area contributed by atoms with Crippen LogP contribution in [0.5, 0.6) is 5.75 Å². The number of amidine groups is 1. The van der Waals surface area contributed by atoms with Crippen LogP contribution in [-0.4, -0.2) is 30.6 Å². The summed E-state index contributed by atoms with van der Waals surface area (Å²) in [5.41, 5.74) is 1.11. The van der Waals surface area contributed by atoms with Gasteiger partial charge in [0.1, 0.15) is 11.9 Å². The lowest BCUT2D eigenvalue weighted by atomic mass is 9.94. The molecule has 0 radical (unpaired) electrons. The number of methoxy groups -OCH3 is 1. The first-order chi connectivity index (χ1) is 8.79. The Morgan fingerprint density at radius 3 is 3.00 bits per heavy atom. The largest absolute Gasteiger partial charge is 0.497 e. The van der Waals surface area contributed by atoms with Crippen LogP contribution in [0.15, 0.2) is 24.3 Å². The molecule has 4 nitrogen and oxygen atoms in total. The fourth-order valence-corrected chi connectivity index (χ4v) is 2.90. The van der Waals surface area contributed by atoms with Gasteiger partial charge in [0.15, 0.2) is 0 Å². The third kappa shape index (κ3) is 2.56. The lowest BCUT2D eigenvalue weighted by molar-refractivity contribution is 0.167. The van der Waals surface area contributed by atoms with Gasteiger partial charge in [-0.05, 0) is 37.0 Å². The zero-order valence-corrected chi connectivity index (χ0v) is 12.7. The number of nitrogens with one attached hydrogen (secondary N) is 1. The Balaban J connectivity index is 0.00000133. The van der Waals surface area contributed by atoms with E-state index >= 15 is 0 Å². The zero-order valence-electron chi connectivity index (χ0n) is 11.0. The molecule has 104 valence electrons. The highest BCUT2D eigenvalue weighted by Crippen LogP contribution is 2.38. The molecule has 0 amide bonds. The quantitative estimate of drug-likeness (QED) is 0.908. The number of rotatable bonds is 2. The minimum atomic E-state index is -0.0205. The van der Waals surface area contributed by atoms with Crippen molar-refractivity contribution in [3.63, 3.8) is 0 Å². The highest BCUT2D eigenvalue weighted by atomic mass is 79.9. The van der Waals surface area contributed by atoms with E-state index in [1.807, 2.05) is 18.2 Å². The van der Waals surface area contributed by atoms with Crippen LogP contribution in [0.25, 0.3) is 0 Å². The highest BCUT2D eigenvalue weighted by Gasteiger charge is 2.41. The molecular weight excluding hydrogens is 308 g/mol. The van der Waals surface area contributed by atoms with Crippen LogP contribution in [0, 0.1) is 5.41 Å². The van der Waals surface area contributed by atoms with Crippen LogP contribution in [0.3, 0.4) is 0 Å². The molecule has 2 aliphatic heterocycles. The van der Waals surface area contributed by atoms with Gasteiger partial charge in [0.25, 0.3) is 6.02 Å². The molecule has 0 saturated carbocycles. The maximum absolute atomic E-state index is 7.92. The van der Waals surface area contributed by atoms with E-state index in [-0.39, 0.29) is 23.1 Å². The van der Waals surface area contributed by atoms with Gasteiger partial charge in [-0.25, -0.2) is 0 Å². The van der Waals surface area contributed by atoms with Crippen molar-refractivity contribution < 1.29 is 9.47 Å². The molecule has 1 N–H and O–H groups in total. The first-order valence-corrected chi connectivity index (χ1v) is 6.45. The number of halogens is 1. The molecule has 0 spiro atoms. The topological polar surface area (TPSA) is 45.6 Å². The second-order valence-corrected chi connectivity index (χ2v) is 4.88. The van der Waals surface area contributed by atoms with Gasteiger partial charge < -0.3 is 14.4 Å². The summed E-state index contributed by atoms with van der Waals surface area (Å²) in [5.74, 6) is 0.844. The summed E-state index contributed by atoms with van der Waals surface area (Å²) in [7, 11) is 1.67. The predicted octanol–water partition coefficient (Wildman–Crippen LogP) is 3.13. The lowest BCUT2D eigenvalue weighted by Crippen LogP contribution is -2.38. The summed E-state index contributed by atoms with van der Waals surface area (Å²) in [5, 5.41) is 7.92. The number of nitrogens with zero attached hydrogens (tertiary/aromatic N) is 1. The molecule has 2 aliphatic rings. The Morgan fingerprint density at radius 1 is 1.37 bits per heavy atom. The highest BCUT2D eigenvalue weighted by molar-refractivity contribution is 8.93. The number of ether oxygens (including phenoxy) is 2. The van der Waals surface area contributed by atoms with Crippen LogP contribution in [0.4, 0.5) is 0 Å². The molecule has 0 aliphatic carbocycles. The minimum Gasteiger partial charge on any atom is -0.497 e. The summed E-state index contributed by atoms with van der Waals surface area (Å²) in [6.45, 7) is 0.948. The molecule has 2 unspecified atom stereocenters. The predicted molar refractivity (Wildman–Crippen MR) is 79.2 cm³/mol. The third-order valence-corrected chi connectivity index (χ3v) is 3.82. The van der Waals surface area contributed by atoms with Crippen molar-refractivity contribution in [2.75, 3.05) is 13.7 Å². The number of hydrogen-bond acceptors (Lipinski definition) is 3. The molecule has 0 bridgehead atoms. The number of benzene rings is 1. The van der Waals surface area contributed by atoms with E-state index in [0.29, 0.717) is 12.1 Å². The van der Waals surface area contributed by atoms with Gasteiger partial charge in [-0.2, -0.15) is 0 Å². The minimum absolute atomic E-state index is 0. The average Bonchev–Trinajstić information content (AvgIpc) is 2.77. The van der Waals surface area contributed by atoms with E-state index < -0.39 is 0 Å². The molecule has 1 aromatic rings. The Bertz CT molecular complexity index is 467. The normalized spacial score (nSPS) is 25.3. The Kier molecular flexibility index (Phi) is 4.34. The van der Waals surface area contributed by atoms with Gasteiger partial charge >= 0.3 is 0 Å². The fourth-order valence-electron chi connectivity index (χ4n) is 2.90. The standard InChI is InChI=1S/C14H18N2O2.BrH/c1-17-11-6-4-5-10(9-11)13-12-7-2-3-8-16(12)14(15)18-13;/h4-6,9,12-13,15H,2-3,7-8H2,1H3;1H. The van der Waals surface area contributed by atoms with Crippen molar-refractivity contribution in [1.29, 1.82) is 5.41 Å². The van der Waals surface area contributed by atoms with Crippen molar-refractivity contribution in [1.82, 2.24) is 4.90 Å². The Labute approximate surface area is 124 Å². The van der Waals surface area contributed by atoms with E-state index in [1.165, 1.54) is 6.42 Å². The van der Waals surface area contributed by atoms with Crippen LogP contribution in [0.1, 0.15) is 30.9 Å². The molecule has 5 heteroatoms. The SMILES string of the molecule is Br.COc1cccc(C2OC(=N)N3CCCCC23)c1. The van der Waals surface area contributed by atoms with E-state index in [4.69, 9.17) is 14.9 Å². The van der Waals surface area contributed by atoms with Gasteiger partial charge in [0.05, 0.1) is 13.2 Å². The Hall–Kier alpha value is -1.23. The number of fused-ring (bicyclic) bond motifs is 1. The van der Waals surface area contributed by atoms with Crippen molar-refractivity contribution in [2.24, 2.45) is 0 Å². The smallest absolute Gasteiger partial charge is 0.285 e. The summed E-state index contributed by atoms with van der Waals surface area (Å²) in [6.07, 6.45) is 3.46. The first-order valence-electron chi connectivity index (χ1n) is 6.45. The van der Waals surface area contributed by atoms with Gasteiger partial charge in [-0.3, -0.25) is 5.41 Å². The van der Waals surface area contributed by atoms with Crippen molar-refractivity contribution in [3.05, 3.63) is 29.8 Å². The second kappa shape index (κ2) is 5.82. The van der Waals surface area contributed by atoms with Crippen LogP contribution in [0.2, 0.25) is 0 Å². The molecular formula is C14H19BrN2O2. The molecule has 3 rings (SSSR count). The van der Waals surface area contributed by atoms with Crippen molar-refractivity contribution in [2.45, 2.75) is 31.4 Å². The molecule has 19 heavy (non-hydrogen) atoms. The maximum Gasteiger partial charge on any atom is 0.285 e. The Morgan fingerprint density at radius 2 is 2.21 bits per heavy atom. The first kappa shape index (κ1) is 14.2. The molecule has 0 aromatic heterocycles. The van der Waals surface area contributed by atoms with Gasteiger partial charge in [-0.1, -0.05) is 12.1 Å². The molecule has 2 heterocycles. The molecule has 2 fully saturated rings. The van der Waals surface area contributed by atoms with Gasteiger partial charge in [-0.15, -0.1) is 17.0 Å². The summed E-state index contributed by atoms with van der Waals surface area (Å²) in [4.78, 5) is 2.09. The van der Waals surface area contributed by atoms with Crippen LogP contribution < -0.4 is 4.74 Å². The number of piperidine rings is 1. The monoisotopic (exact) mass is 326 g/mol. The van der Waals surface area contributed by atoms with E-state index in [2.05, 4.69) is 11.0 Å². The average molecular weight is 327 g/mol. The fraction of sp³-hybridized carbons (Fsp3) is 0.500. The van der Waals surface area contributed by atoms with E-state index in [9.17, 15) is 0 Å². The molecule has 2 saturated heterocycles. The van der Waals surface area contributed by atoms with Crippen molar-refractivity contribution in [3.8, 4) is 5.75 Å². The van der Waals surface area contributed by atoms with Gasteiger partial charge in [0, 0.05) is 6.54 Å². The van der Waals surface area contributed by atoms with E-state index in [0.717, 1.165) is 30.7 Å². The molecule has 1 aromatic carbocycles. The van der Waals surface area contributed by atoms with E-state index in [1.54, 1.807) is 7.11 Å². The van der Waals surface area contributed by atoms with Crippen LogP contribution >= 0.6 is 17.0 Å². The van der Waals surface area contributed by atoms with Crippen LogP contribution in [-0.2, 0) is 4.74 Å². The summed E-state index contributed by atoms with van der Waals surface area (Å²) in [6, 6.07) is 8.62. The maximum atomic E-state index is 7.92. The number of hydrogen-bond donors (Lipinski definition) is 1. The van der Waals surface area contributed by atoms with Crippen molar-refractivity contribution >= 4 is 23.0 Å². The van der Waals surface area contributed by atoms with Gasteiger partial charge in [0.2, 0.25) is 0 Å². The second-order valence-electron chi connectivity index (χ2n) is 4.88.